The van der Waals surface area contributed by atoms with E-state index in [9.17, 15) is 31.2 Å². The summed E-state index contributed by atoms with van der Waals surface area (Å²) in [4.78, 5) is 26.5. The van der Waals surface area contributed by atoms with Crippen molar-refractivity contribution in [2.24, 2.45) is 0 Å². The third-order valence-electron chi connectivity index (χ3n) is 7.05. The lowest BCUT2D eigenvalue weighted by molar-refractivity contribution is -0.0657. The highest BCUT2D eigenvalue weighted by molar-refractivity contribution is 7.87. The molecule has 0 aliphatic carbocycles. The van der Waals surface area contributed by atoms with E-state index < -0.39 is 65.1 Å². The van der Waals surface area contributed by atoms with Crippen molar-refractivity contribution < 1.29 is 34.9 Å². The maximum Gasteiger partial charge on any atom is 0.523 e. The molecule has 0 bridgehead atoms. The fraction of sp³-hybridized carbons (Fsp3) is 0.407. The Morgan fingerprint density at radius 3 is 2.02 bits per heavy atom. The predicted octanol–water partition coefficient (Wildman–Crippen LogP) is 2.94. The van der Waals surface area contributed by atoms with Crippen molar-refractivity contribution in [3.8, 4) is 0 Å². The average molecular weight is 613 g/mol. The molecule has 2 aromatic carbocycles. The summed E-state index contributed by atoms with van der Waals surface area (Å²) in [7, 11) is -9.19. The Morgan fingerprint density at radius 2 is 1.54 bits per heavy atom. The first-order valence-corrected chi connectivity index (χ1v) is 16.1. The number of aryl methyl sites for hydroxylation is 1. The van der Waals surface area contributed by atoms with Crippen molar-refractivity contribution in [3.05, 3.63) is 93.3 Å². The van der Waals surface area contributed by atoms with Crippen molar-refractivity contribution in [2.45, 2.75) is 63.1 Å². The van der Waals surface area contributed by atoms with Gasteiger partial charge < -0.3 is 9.16 Å². The van der Waals surface area contributed by atoms with Crippen molar-refractivity contribution in [3.63, 3.8) is 0 Å². The molecule has 1 saturated heterocycles. The molecule has 222 valence electrons. The van der Waals surface area contributed by atoms with Crippen LogP contribution in [0.3, 0.4) is 0 Å². The van der Waals surface area contributed by atoms with Crippen molar-refractivity contribution in [2.75, 3.05) is 6.61 Å². The van der Waals surface area contributed by atoms with E-state index in [1.54, 1.807) is 0 Å². The zero-order chi connectivity index (χ0) is 30.2. The van der Waals surface area contributed by atoms with E-state index in [1.165, 1.54) is 13.1 Å². The molecule has 1 N–H and O–H groups in total. The summed E-state index contributed by atoms with van der Waals surface area (Å²) in [6, 6.07) is 18.9. The Kier molecular flexibility index (Phi) is 8.54. The van der Waals surface area contributed by atoms with Crippen molar-refractivity contribution in [1.29, 1.82) is 0 Å². The summed E-state index contributed by atoms with van der Waals surface area (Å²) in [5.41, 5.74) is -7.01. The molecule has 0 radical (unpaired) electrons. The van der Waals surface area contributed by atoms with Gasteiger partial charge in [0.15, 0.2) is 0 Å². The maximum absolute atomic E-state index is 13.3. The van der Waals surface area contributed by atoms with Gasteiger partial charge in [-0.15, -0.1) is 0 Å². The van der Waals surface area contributed by atoms with E-state index in [1.807, 2.05) is 81.4 Å². The van der Waals surface area contributed by atoms with Gasteiger partial charge in [0, 0.05) is 18.2 Å². The molecule has 1 aliphatic rings. The van der Waals surface area contributed by atoms with E-state index in [-0.39, 0.29) is 12.2 Å². The van der Waals surface area contributed by atoms with Crippen LogP contribution in [0.1, 0.15) is 39.0 Å². The van der Waals surface area contributed by atoms with E-state index >= 15 is 0 Å². The summed E-state index contributed by atoms with van der Waals surface area (Å²) in [5, 5.41) is 1.29. The number of H-pyrrole nitrogens is 1. The Bertz CT molecular complexity index is 1550. The highest BCUT2D eigenvalue weighted by Crippen LogP contribution is 2.39. The Labute approximate surface area is 236 Å². The molecule has 3 aromatic rings. The molecule has 3 atom stereocenters. The zero-order valence-corrected chi connectivity index (χ0v) is 24.7. The molecule has 1 aromatic heterocycles. The Morgan fingerprint density at radius 1 is 1.00 bits per heavy atom. The number of halogens is 3. The number of hydrogen-bond donors (Lipinski definition) is 1. The second-order valence-corrected chi connectivity index (χ2v) is 16.7. The van der Waals surface area contributed by atoms with Gasteiger partial charge in [-0.1, -0.05) is 81.4 Å². The molecule has 0 saturated carbocycles. The van der Waals surface area contributed by atoms with Gasteiger partial charge in [0.05, 0.1) is 6.61 Å². The van der Waals surface area contributed by atoms with E-state index in [0.29, 0.717) is 0 Å². The fourth-order valence-corrected chi connectivity index (χ4v) is 10.3. The molecule has 41 heavy (non-hydrogen) atoms. The number of nitrogens with one attached hydrogen (secondary N) is 1. The van der Waals surface area contributed by atoms with Crippen LogP contribution in [0, 0.1) is 6.92 Å². The lowest BCUT2D eigenvalue weighted by Gasteiger charge is -2.43. The molecule has 9 nitrogen and oxygen atoms in total. The van der Waals surface area contributed by atoms with Gasteiger partial charge in [0.2, 0.25) is 0 Å². The van der Waals surface area contributed by atoms with Gasteiger partial charge >= 0.3 is 21.3 Å². The third kappa shape index (κ3) is 6.11. The molecular weight excluding hydrogens is 581 g/mol. The molecule has 1 aliphatic heterocycles. The second-order valence-electron chi connectivity index (χ2n) is 10.9. The van der Waals surface area contributed by atoms with Crippen LogP contribution in [0.15, 0.2) is 76.4 Å². The quantitative estimate of drug-likeness (QED) is 0.236. The Hall–Kier alpha value is -3.04. The first-order chi connectivity index (χ1) is 19.1. The fourth-order valence-electron chi connectivity index (χ4n) is 5.11. The summed E-state index contributed by atoms with van der Waals surface area (Å²) in [6.45, 7) is 7.11. The van der Waals surface area contributed by atoms with Gasteiger partial charge in [0.25, 0.3) is 13.9 Å². The lowest BCUT2D eigenvalue weighted by Crippen LogP contribution is -2.67. The van der Waals surface area contributed by atoms with E-state index in [4.69, 9.17) is 9.16 Å². The van der Waals surface area contributed by atoms with Crippen molar-refractivity contribution in [1.82, 2.24) is 9.55 Å². The first kappa shape index (κ1) is 30.9. The topological polar surface area (TPSA) is 117 Å². The van der Waals surface area contributed by atoms with Crippen LogP contribution in [0.25, 0.3) is 0 Å². The molecule has 4 rings (SSSR count). The molecular formula is C27H31F3N2O7SSi. The molecule has 14 heteroatoms. The zero-order valence-electron chi connectivity index (χ0n) is 22.8. The SMILES string of the molecule is Cc1cn([C@H]2C[C@H](OS(=O)(=O)C(F)(F)F)[C@@H](CO[Si](c3ccccc3)(c3ccccc3)C(C)(C)C)O2)c(=O)[nH]c1=O. The summed E-state index contributed by atoms with van der Waals surface area (Å²) in [6.07, 6.45) is -3.39. The number of alkyl halides is 3. The third-order valence-corrected chi connectivity index (χ3v) is 13.1. The van der Waals surface area contributed by atoms with Crippen LogP contribution in [-0.2, 0) is 23.5 Å². The second kappa shape index (κ2) is 11.3. The minimum Gasteiger partial charge on any atom is -0.405 e. The Balaban J connectivity index is 1.76. The molecule has 0 spiro atoms. The number of ether oxygens (including phenoxy) is 1. The number of nitrogens with zero attached hydrogens (tertiary/aromatic N) is 1. The van der Waals surface area contributed by atoms with Crippen LogP contribution >= 0.6 is 0 Å². The number of aromatic amines is 1. The van der Waals surface area contributed by atoms with E-state index in [0.717, 1.165) is 14.9 Å². The normalized spacial score (nSPS) is 20.3. The largest absolute Gasteiger partial charge is 0.523 e. The van der Waals surface area contributed by atoms with E-state index in [2.05, 4.69) is 9.17 Å². The van der Waals surface area contributed by atoms with Gasteiger partial charge in [-0.05, 0) is 22.3 Å². The van der Waals surface area contributed by atoms with Crippen LogP contribution in [0.2, 0.25) is 5.04 Å². The standard InChI is InChI=1S/C27H31F3N2O7SSi/c1-18-16-32(25(34)31-24(18)33)23-15-21(39-40(35,36)27(28,29)30)22(38-23)17-37-41(26(2,3)4,19-11-7-5-8-12-19)20-13-9-6-10-14-20/h5-14,16,21-23H,15,17H2,1-4H3,(H,31,33,34)/t21-,22+,23+/m0/s1. The molecule has 2 heterocycles. The smallest absolute Gasteiger partial charge is 0.405 e. The van der Waals surface area contributed by atoms with Gasteiger partial charge in [-0.25, -0.2) is 4.79 Å². The minimum atomic E-state index is -6.00. The summed E-state index contributed by atoms with van der Waals surface area (Å²) >= 11 is 0. The molecule has 1 fully saturated rings. The van der Waals surface area contributed by atoms with Gasteiger partial charge in [0.1, 0.15) is 18.4 Å². The number of rotatable bonds is 8. The van der Waals surface area contributed by atoms with Crippen molar-refractivity contribution >= 4 is 28.8 Å². The minimum absolute atomic E-state index is 0.153. The number of aromatic nitrogens is 2. The van der Waals surface area contributed by atoms with Crippen LogP contribution in [-0.4, -0.2) is 50.6 Å². The molecule has 0 amide bonds. The molecule has 0 unspecified atom stereocenters. The van der Waals surface area contributed by atoms with Crippen LogP contribution in [0.4, 0.5) is 13.2 Å². The predicted molar refractivity (Wildman–Crippen MR) is 148 cm³/mol. The van der Waals surface area contributed by atoms with Gasteiger partial charge in [-0.2, -0.15) is 21.6 Å². The number of hydrogen-bond acceptors (Lipinski definition) is 7. The number of benzene rings is 2. The average Bonchev–Trinajstić information content (AvgIpc) is 3.28. The van der Waals surface area contributed by atoms with Gasteiger partial charge in [-0.3, -0.25) is 18.5 Å². The highest BCUT2D eigenvalue weighted by atomic mass is 32.2. The highest BCUT2D eigenvalue weighted by Gasteiger charge is 2.54. The maximum atomic E-state index is 13.3. The van der Waals surface area contributed by atoms with Crippen LogP contribution < -0.4 is 21.6 Å². The summed E-state index contributed by atoms with van der Waals surface area (Å²) < 4.78 is 82.3. The first-order valence-electron chi connectivity index (χ1n) is 12.8. The summed E-state index contributed by atoms with van der Waals surface area (Å²) in [5.74, 6) is 0. The van der Waals surface area contributed by atoms with Crippen LogP contribution in [0.5, 0.6) is 0 Å². The lowest BCUT2D eigenvalue weighted by atomic mass is 10.2. The monoisotopic (exact) mass is 612 g/mol.